The summed E-state index contributed by atoms with van der Waals surface area (Å²) in [5.41, 5.74) is 6.33. The van der Waals surface area contributed by atoms with Crippen LogP contribution >= 0.6 is 20.7 Å². The van der Waals surface area contributed by atoms with E-state index in [9.17, 15) is 26.7 Å². The molecule has 6 nitrogen and oxygen atoms in total. The Bertz CT molecular complexity index is 931. The maximum atomic E-state index is 14.1. The van der Waals surface area contributed by atoms with Crippen LogP contribution in [0.25, 0.3) is 0 Å². The number of hydrazone groups is 1. The molecule has 1 saturated heterocycles. The highest BCUT2D eigenvalue weighted by atomic mass is 127. The molecule has 0 aliphatic carbocycles. The summed E-state index contributed by atoms with van der Waals surface area (Å²) >= 11 is -0.867. The van der Waals surface area contributed by atoms with Gasteiger partial charge in [0.2, 0.25) is 0 Å². The highest BCUT2D eigenvalue weighted by molar-refractivity contribution is 14.2. The average molecular weight is 559 g/mol. The van der Waals surface area contributed by atoms with Crippen molar-refractivity contribution >= 4 is 37.0 Å². The molecular weight excluding hydrogens is 536 g/mol. The van der Waals surface area contributed by atoms with Crippen molar-refractivity contribution in [2.75, 3.05) is 19.6 Å². The maximum absolute atomic E-state index is 14.1. The van der Waals surface area contributed by atoms with Crippen LogP contribution in [0.15, 0.2) is 28.5 Å². The van der Waals surface area contributed by atoms with E-state index in [0.717, 1.165) is 17.9 Å². The van der Waals surface area contributed by atoms with Crippen molar-refractivity contribution in [1.82, 2.24) is 9.80 Å². The lowest BCUT2D eigenvalue weighted by molar-refractivity contribution is -0.170. The van der Waals surface area contributed by atoms with Gasteiger partial charge in [-0.15, -0.1) is 0 Å². The number of rotatable bonds is 5. The van der Waals surface area contributed by atoms with E-state index in [1.807, 2.05) is 0 Å². The topological polar surface area (TPSA) is 88.0 Å². The van der Waals surface area contributed by atoms with E-state index in [2.05, 4.69) is 9.62 Å². The third-order valence-electron chi connectivity index (χ3n) is 5.07. The number of carbonyl (C=O) groups excluding carboxylic acids is 1. The molecule has 0 radical (unpaired) electrons. The van der Waals surface area contributed by atoms with Gasteiger partial charge in [-0.3, -0.25) is 4.79 Å². The van der Waals surface area contributed by atoms with Crippen LogP contribution in [-0.4, -0.2) is 57.9 Å². The zero-order valence-corrected chi connectivity index (χ0v) is 19.1. The van der Waals surface area contributed by atoms with E-state index in [-0.39, 0.29) is 48.7 Å². The first-order chi connectivity index (χ1) is 14.4. The summed E-state index contributed by atoms with van der Waals surface area (Å²) in [7, 11) is 0. The van der Waals surface area contributed by atoms with Crippen LogP contribution in [0, 0.1) is 15.2 Å². The van der Waals surface area contributed by atoms with E-state index in [0.29, 0.717) is 3.57 Å². The van der Waals surface area contributed by atoms with Gasteiger partial charge in [0.05, 0.1) is 6.54 Å². The molecule has 12 heteroatoms. The van der Waals surface area contributed by atoms with E-state index in [1.165, 1.54) is 17.9 Å². The number of nitrogens with two attached hydrogens (primary N) is 2. The van der Waals surface area contributed by atoms with Crippen LogP contribution in [0.5, 0.6) is 0 Å². The minimum Gasteiger partial charge on any atom is -0.401 e. The molecular formula is C19H23F5IN5O. The Morgan fingerprint density at radius 3 is 2.48 bits per heavy atom. The van der Waals surface area contributed by atoms with Gasteiger partial charge < -0.3 is 21.4 Å². The van der Waals surface area contributed by atoms with E-state index in [4.69, 9.17) is 11.6 Å². The lowest BCUT2D eigenvalue weighted by Gasteiger charge is -2.40. The number of amides is 1. The minimum absolute atomic E-state index is 0.00386. The molecule has 1 aromatic carbocycles. The third-order valence-corrected chi connectivity index (χ3v) is 6.72. The average Bonchev–Trinajstić information content (AvgIpc) is 2.72. The van der Waals surface area contributed by atoms with Crippen molar-refractivity contribution in [3.63, 3.8) is 0 Å². The first kappa shape index (κ1) is 25.0. The summed E-state index contributed by atoms with van der Waals surface area (Å²) in [6.45, 7) is 2.10. The molecule has 1 fully saturated rings. The fourth-order valence-electron chi connectivity index (χ4n) is 3.09. The molecule has 1 unspecified atom stereocenters. The van der Waals surface area contributed by atoms with Gasteiger partial charge in [-0.2, -0.15) is 18.3 Å². The van der Waals surface area contributed by atoms with Gasteiger partial charge in [0, 0.05) is 40.4 Å². The van der Waals surface area contributed by atoms with Crippen molar-refractivity contribution in [3.05, 3.63) is 44.2 Å². The lowest BCUT2D eigenvalue weighted by Crippen LogP contribution is -2.58. The fraction of sp³-hybridized carbons (Fsp3) is 0.421. The van der Waals surface area contributed by atoms with Gasteiger partial charge >= 0.3 is 6.18 Å². The monoisotopic (exact) mass is 559 g/mol. The summed E-state index contributed by atoms with van der Waals surface area (Å²) in [6.07, 6.45) is -4.60. The first-order valence-electron chi connectivity index (χ1n) is 9.11. The predicted molar refractivity (Wildman–Crippen MR) is 117 cm³/mol. The lowest BCUT2D eigenvalue weighted by atomic mass is 10.0. The number of piperazine rings is 1. The fourth-order valence-corrected chi connectivity index (χ4v) is 4.21. The highest BCUT2D eigenvalue weighted by Crippen LogP contribution is 2.26. The zero-order valence-electron chi connectivity index (χ0n) is 16.9. The van der Waals surface area contributed by atoms with Gasteiger partial charge in [0.25, 0.3) is 5.91 Å². The zero-order chi connectivity index (χ0) is 23.5. The number of halogens is 6. The Morgan fingerprint density at radius 1 is 1.29 bits per heavy atom. The normalized spacial score (nSPS) is 18.2. The van der Waals surface area contributed by atoms with Gasteiger partial charge in [-0.25, -0.2) is 8.78 Å². The Labute approximate surface area is 186 Å². The molecule has 0 aromatic heterocycles. The van der Waals surface area contributed by atoms with Crippen LogP contribution in [0.1, 0.15) is 19.4 Å². The molecule has 2 rings (SSSR count). The second-order valence-electron chi connectivity index (χ2n) is 7.00. The smallest absolute Gasteiger partial charge is 0.401 e. The molecule has 31 heavy (non-hydrogen) atoms. The quantitative estimate of drug-likeness (QED) is 0.145. The molecule has 1 heterocycles. The molecule has 0 bridgehead atoms. The summed E-state index contributed by atoms with van der Waals surface area (Å²) < 4.78 is 71.0. The van der Waals surface area contributed by atoms with Crippen molar-refractivity contribution in [1.29, 1.82) is 0 Å². The summed E-state index contributed by atoms with van der Waals surface area (Å²) in [5.74, 6) is 3.21. The van der Waals surface area contributed by atoms with E-state index in [1.54, 1.807) is 0 Å². The number of alkyl halides is 3. The molecule has 1 aliphatic heterocycles. The molecule has 4 N–H and O–H groups in total. The standard InChI is InChI=1S/C19H23F5IN5O/c1-10(16(26)7-12-6-15(25-3)14(21)8-13(12)20)18(31)29-4-5-30(17(9-29)28-27)11(2)19(22,23)24/h6,8,11H,3-5,7,9,26-27H2,1-2H3/b16-10+,28-17-. The number of hydrogen-bond acceptors (Lipinski definition) is 4. The van der Waals surface area contributed by atoms with Gasteiger partial charge in [-0.05, 0) is 25.5 Å². The van der Waals surface area contributed by atoms with Crippen LogP contribution in [-0.2, 0) is 11.2 Å². The summed E-state index contributed by atoms with van der Waals surface area (Å²) in [4.78, 5) is 15.1. The molecule has 1 atom stereocenters. The Morgan fingerprint density at radius 2 is 1.94 bits per heavy atom. The third kappa shape index (κ3) is 5.71. The molecule has 0 saturated carbocycles. The van der Waals surface area contributed by atoms with Crippen molar-refractivity contribution in [2.24, 2.45) is 16.7 Å². The van der Waals surface area contributed by atoms with Crippen LogP contribution in [0.4, 0.5) is 22.0 Å². The molecule has 1 aromatic rings. The summed E-state index contributed by atoms with van der Waals surface area (Å²) in [5, 5.41) is 3.42. The number of allylic oxidation sites excluding steroid dienone is 1. The predicted octanol–water partition coefficient (Wildman–Crippen LogP) is 2.68. The second kappa shape index (κ2) is 9.92. The van der Waals surface area contributed by atoms with Gasteiger partial charge in [0.1, 0.15) is 23.5 Å². The first-order valence-corrected chi connectivity index (χ1v) is 11.7. The molecule has 1 amide bonds. The largest absolute Gasteiger partial charge is 0.408 e. The van der Waals surface area contributed by atoms with Crippen LogP contribution in [0.3, 0.4) is 0 Å². The number of benzene rings is 1. The molecule has 172 valence electrons. The Kier molecular flexibility index (Phi) is 8.00. The van der Waals surface area contributed by atoms with Gasteiger partial charge in [0.15, 0.2) is 0 Å². The Balaban J connectivity index is 2.19. The molecule has 1 aliphatic rings. The van der Waals surface area contributed by atoms with Crippen molar-refractivity contribution < 1.29 is 26.7 Å². The SMILES string of the molecule is C=Ic1cc(C/C(N)=C(/C)C(=O)N2CCN(C(C)C(F)(F)F)/C(=N\N)C2)c(F)cc1F. The highest BCUT2D eigenvalue weighted by Gasteiger charge is 2.43. The maximum Gasteiger partial charge on any atom is 0.408 e. The van der Waals surface area contributed by atoms with Crippen LogP contribution in [0.2, 0.25) is 0 Å². The van der Waals surface area contributed by atoms with Gasteiger partial charge in [-0.1, -0.05) is 25.2 Å². The number of amidine groups is 1. The van der Waals surface area contributed by atoms with Crippen molar-refractivity contribution in [3.8, 4) is 0 Å². The summed E-state index contributed by atoms with van der Waals surface area (Å²) in [6, 6.07) is 0.317. The second-order valence-corrected chi connectivity index (χ2v) is 8.93. The van der Waals surface area contributed by atoms with E-state index < -0.39 is 50.5 Å². The van der Waals surface area contributed by atoms with Crippen molar-refractivity contribution in [2.45, 2.75) is 32.5 Å². The van der Waals surface area contributed by atoms with Crippen LogP contribution < -0.4 is 11.6 Å². The number of nitrogens with zero attached hydrogens (tertiary/aromatic N) is 3. The Hall–Kier alpha value is -2.25. The number of carbonyl (C=O) groups is 1. The molecule has 0 spiro atoms. The minimum atomic E-state index is -4.48. The van der Waals surface area contributed by atoms with E-state index >= 15 is 0 Å². The number of hydrogen-bond donors (Lipinski definition) is 2.